The number of ketones is 1. The van der Waals surface area contributed by atoms with Crippen LogP contribution in [-0.2, 0) is 9.53 Å². The van der Waals surface area contributed by atoms with Crippen molar-refractivity contribution in [3.05, 3.63) is 11.3 Å². The fraction of sp³-hybridized carbons (Fsp3) is 0.400. The summed E-state index contributed by atoms with van der Waals surface area (Å²) in [6.07, 6.45) is -4.41. The van der Waals surface area contributed by atoms with Crippen LogP contribution in [-0.4, -0.2) is 19.1 Å². The van der Waals surface area contributed by atoms with Crippen molar-refractivity contribution in [2.45, 2.75) is 6.18 Å². The van der Waals surface area contributed by atoms with Gasteiger partial charge < -0.3 is 4.74 Å². The van der Waals surface area contributed by atoms with E-state index in [0.29, 0.717) is 6.26 Å². The molecule has 2 nitrogen and oxygen atoms in total. The van der Waals surface area contributed by atoms with Crippen LogP contribution in [0, 0.1) is 0 Å². The third-order valence-electron chi connectivity index (χ3n) is 0.696. The van der Waals surface area contributed by atoms with Crippen LogP contribution in [0.4, 0.5) is 13.2 Å². The van der Waals surface area contributed by atoms with Crippen LogP contribution in [0.3, 0.4) is 0 Å². The lowest BCUT2D eigenvalue weighted by Crippen LogP contribution is -2.22. The highest BCUT2D eigenvalue weighted by atomic mass is 35.5. The van der Waals surface area contributed by atoms with Gasteiger partial charge in [0.15, 0.2) is 0 Å². The summed E-state index contributed by atoms with van der Waals surface area (Å²) in [4.78, 5) is 10.1. The summed E-state index contributed by atoms with van der Waals surface area (Å²) in [6.45, 7) is 0. The summed E-state index contributed by atoms with van der Waals surface area (Å²) in [5.74, 6) is -2.11. The van der Waals surface area contributed by atoms with Gasteiger partial charge >= 0.3 is 6.18 Å². The summed E-state index contributed by atoms with van der Waals surface area (Å²) in [5, 5.41) is -0.986. The van der Waals surface area contributed by atoms with Crippen molar-refractivity contribution in [3.8, 4) is 0 Å². The minimum absolute atomic E-state index is 0.525. The zero-order valence-electron chi connectivity index (χ0n) is 5.41. The Morgan fingerprint density at radius 1 is 1.55 bits per heavy atom. The molecule has 0 aromatic heterocycles. The number of allylic oxidation sites excluding steroid dienone is 1. The minimum Gasteiger partial charge on any atom is -0.503 e. The van der Waals surface area contributed by atoms with Crippen molar-refractivity contribution in [1.29, 1.82) is 0 Å². The molecule has 6 heteroatoms. The van der Waals surface area contributed by atoms with Crippen molar-refractivity contribution in [3.63, 3.8) is 0 Å². The summed E-state index contributed by atoms with van der Waals surface area (Å²) in [7, 11) is 1.09. The number of Topliss-reactive ketones (excluding diaryl/α,β-unsaturated/α-hetero) is 1. The number of carbonyl (C=O) groups excluding carboxylic acids is 1. The molecule has 0 aliphatic heterocycles. The van der Waals surface area contributed by atoms with Gasteiger partial charge in [-0.2, -0.15) is 13.2 Å². The lowest BCUT2D eigenvalue weighted by molar-refractivity contribution is -0.165. The molecule has 0 aliphatic rings. The highest BCUT2D eigenvalue weighted by molar-refractivity contribution is 6.43. The van der Waals surface area contributed by atoms with Gasteiger partial charge in [0.2, 0.25) is 0 Å². The highest BCUT2D eigenvalue weighted by Crippen LogP contribution is 2.22. The maximum atomic E-state index is 11.5. The van der Waals surface area contributed by atoms with Gasteiger partial charge in [-0.05, 0) is 0 Å². The number of alkyl halides is 3. The van der Waals surface area contributed by atoms with E-state index in [4.69, 9.17) is 11.6 Å². The quantitative estimate of drug-likeness (QED) is 0.488. The Morgan fingerprint density at radius 3 is 2.27 bits per heavy atom. The maximum Gasteiger partial charge on any atom is 0.455 e. The molecule has 0 radical (unpaired) electrons. The number of carbonyl (C=O) groups is 1. The molecule has 0 aromatic rings. The number of rotatable bonds is 2. The Morgan fingerprint density at radius 2 is 2.00 bits per heavy atom. The first-order valence-corrected chi connectivity index (χ1v) is 2.77. The monoisotopic (exact) mass is 188 g/mol. The highest BCUT2D eigenvalue weighted by Gasteiger charge is 2.40. The van der Waals surface area contributed by atoms with Gasteiger partial charge in [-0.1, -0.05) is 11.6 Å². The molecule has 0 amide bonds. The molecule has 64 valence electrons. The molecule has 0 aliphatic carbocycles. The van der Waals surface area contributed by atoms with Crippen molar-refractivity contribution in [1.82, 2.24) is 0 Å². The van der Waals surface area contributed by atoms with E-state index in [1.54, 1.807) is 0 Å². The van der Waals surface area contributed by atoms with Gasteiger partial charge in [0.25, 0.3) is 5.78 Å². The molecule has 0 atom stereocenters. The average Bonchev–Trinajstić information content (AvgIpc) is 1.85. The van der Waals surface area contributed by atoms with Crippen molar-refractivity contribution in [2.24, 2.45) is 0 Å². The van der Waals surface area contributed by atoms with Crippen molar-refractivity contribution >= 4 is 17.4 Å². The first-order valence-electron chi connectivity index (χ1n) is 2.39. The largest absolute Gasteiger partial charge is 0.503 e. The van der Waals surface area contributed by atoms with Crippen LogP contribution in [0.1, 0.15) is 0 Å². The number of methoxy groups -OCH3 is 1. The van der Waals surface area contributed by atoms with Gasteiger partial charge in [-0.3, -0.25) is 4.79 Å². The van der Waals surface area contributed by atoms with Crippen molar-refractivity contribution < 1.29 is 22.7 Å². The number of hydrogen-bond donors (Lipinski definition) is 0. The van der Waals surface area contributed by atoms with Crippen LogP contribution in [0.2, 0.25) is 0 Å². The molecule has 0 unspecified atom stereocenters. The van der Waals surface area contributed by atoms with Gasteiger partial charge in [0.1, 0.15) is 11.3 Å². The second kappa shape index (κ2) is 3.61. The summed E-state index contributed by atoms with van der Waals surface area (Å²) >= 11 is 4.88. The molecule has 0 heterocycles. The average molecular weight is 189 g/mol. The second-order valence-electron chi connectivity index (χ2n) is 1.53. The maximum absolute atomic E-state index is 11.5. The van der Waals surface area contributed by atoms with Gasteiger partial charge in [-0.25, -0.2) is 0 Å². The van der Waals surface area contributed by atoms with Gasteiger partial charge in [0.05, 0.1) is 7.11 Å². The van der Waals surface area contributed by atoms with E-state index in [1.165, 1.54) is 0 Å². The zero-order chi connectivity index (χ0) is 9.07. The van der Waals surface area contributed by atoms with E-state index in [2.05, 4.69) is 4.74 Å². The Hall–Kier alpha value is -0.710. The van der Waals surface area contributed by atoms with Crippen LogP contribution >= 0.6 is 11.6 Å². The predicted octanol–water partition coefficient (Wildman–Crippen LogP) is 1.84. The Balaban J connectivity index is 4.39. The van der Waals surface area contributed by atoms with Crippen LogP contribution in [0.5, 0.6) is 0 Å². The van der Waals surface area contributed by atoms with E-state index in [0.717, 1.165) is 7.11 Å². The molecule has 0 rings (SSSR count). The van der Waals surface area contributed by atoms with E-state index in [-0.39, 0.29) is 0 Å². The third kappa shape index (κ3) is 3.27. The number of halogens is 4. The fourth-order valence-corrected chi connectivity index (χ4v) is 0.489. The molecule has 0 bridgehead atoms. The van der Waals surface area contributed by atoms with Crippen molar-refractivity contribution in [2.75, 3.05) is 7.11 Å². The molecule has 0 aromatic carbocycles. The van der Waals surface area contributed by atoms with Crippen LogP contribution in [0.15, 0.2) is 11.3 Å². The molecule has 0 saturated heterocycles. The van der Waals surface area contributed by atoms with E-state index >= 15 is 0 Å². The van der Waals surface area contributed by atoms with E-state index < -0.39 is 17.0 Å². The molecule has 0 N–H and O–H groups in total. The summed E-state index contributed by atoms with van der Waals surface area (Å²) in [5.41, 5.74) is 0. The SMILES string of the molecule is CO/C=C(\Cl)C(=O)C(F)(F)F. The molecule has 11 heavy (non-hydrogen) atoms. The van der Waals surface area contributed by atoms with Crippen LogP contribution in [0.25, 0.3) is 0 Å². The first-order chi connectivity index (χ1) is 4.89. The van der Waals surface area contributed by atoms with Crippen LogP contribution < -0.4 is 0 Å². The van der Waals surface area contributed by atoms with Gasteiger partial charge in [-0.15, -0.1) is 0 Å². The topological polar surface area (TPSA) is 26.3 Å². The Kier molecular flexibility index (Phi) is 3.38. The smallest absolute Gasteiger partial charge is 0.455 e. The number of hydrogen-bond acceptors (Lipinski definition) is 2. The minimum atomic E-state index is -4.94. The molecular weight excluding hydrogens is 184 g/mol. The Bertz CT molecular complexity index is 185. The standard InChI is InChI=1S/C5H4ClF3O2/c1-11-2-3(6)4(10)5(7,8)9/h2H,1H3/b3-2-. The first kappa shape index (κ1) is 10.3. The summed E-state index contributed by atoms with van der Waals surface area (Å²) in [6, 6.07) is 0. The van der Waals surface area contributed by atoms with Gasteiger partial charge in [0, 0.05) is 0 Å². The predicted molar refractivity (Wildman–Crippen MR) is 32.0 cm³/mol. The van der Waals surface area contributed by atoms with E-state index in [9.17, 15) is 18.0 Å². The third-order valence-corrected chi connectivity index (χ3v) is 0.956. The Labute approximate surface area is 65.6 Å². The lowest BCUT2D eigenvalue weighted by atomic mass is 10.4. The number of ether oxygens (including phenoxy) is 1. The summed E-state index contributed by atoms with van der Waals surface area (Å²) < 4.78 is 38.6. The second-order valence-corrected chi connectivity index (χ2v) is 1.94. The van der Waals surface area contributed by atoms with E-state index in [1.807, 2.05) is 0 Å². The fourth-order valence-electron chi connectivity index (χ4n) is 0.292. The lowest BCUT2D eigenvalue weighted by Gasteiger charge is -2.01. The molecular formula is C5H4ClF3O2. The molecule has 0 saturated carbocycles. The zero-order valence-corrected chi connectivity index (χ0v) is 6.16. The molecule has 0 fully saturated rings. The molecule has 0 spiro atoms. The normalized spacial score (nSPS) is 13.0.